The van der Waals surface area contributed by atoms with E-state index >= 15 is 0 Å². The molecule has 10 heteroatoms. The molecule has 2 aromatic carbocycles. The zero-order valence-electron chi connectivity index (χ0n) is 21.1. The quantitative estimate of drug-likeness (QED) is 0.262. The topological polar surface area (TPSA) is 125 Å². The van der Waals surface area contributed by atoms with E-state index in [1.807, 2.05) is 55.5 Å². The monoisotopic (exact) mass is 511 g/mol. The molecule has 37 heavy (non-hydrogen) atoms. The van der Waals surface area contributed by atoms with Gasteiger partial charge in [0, 0.05) is 7.05 Å². The van der Waals surface area contributed by atoms with Crippen molar-refractivity contribution in [1.82, 2.24) is 13.7 Å². The molecular formula is C27H33N3O7. The molecule has 0 radical (unpaired) electrons. The van der Waals surface area contributed by atoms with E-state index in [1.54, 1.807) is 0 Å². The number of aliphatic hydroxyl groups is 2. The maximum Gasteiger partial charge on any atom is 0.336 e. The van der Waals surface area contributed by atoms with Gasteiger partial charge in [-0.1, -0.05) is 61.5 Å². The summed E-state index contributed by atoms with van der Waals surface area (Å²) in [6.07, 6.45) is 0.470. The molecule has 0 bridgehead atoms. The van der Waals surface area contributed by atoms with Crippen molar-refractivity contribution in [2.75, 3.05) is 0 Å². The summed E-state index contributed by atoms with van der Waals surface area (Å²) in [4.78, 5) is 37.0. The van der Waals surface area contributed by atoms with Crippen LogP contribution in [-0.4, -0.2) is 36.5 Å². The first-order valence-electron chi connectivity index (χ1n) is 12.0. The van der Waals surface area contributed by atoms with Crippen LogP contribution in [0.4, 0.5) is 0 Å². The molecule has 2 atom stereocenters. The van der Waals surface area contributed by atoms with Crippen LogP contribution in [0.5, 0.6) is 0 Å². The first-order valence-corrected chi connectivity index (χ1v) is 12.0. The summed E-state index contributed by atoms with van der Waals surface area (Å²) in [5, 5.41) is 19.8. The van der Waals surface area contributed by atoms with Crippen LogP contribution >= 0.6 is 0 Å². The highest BCUT2D eigenvalue weighted by Crippen LogP contribution is 2.14. The van der Waals surface area contributed by atoms with Crippen LogP contribution in [0.3, 0.4) is 0 Å². The molecule has 3 rings (SSSR count). The third kappa shape index (κ3) is 7.46. The van der Waals surface area contributed by atoms with Crippen molar-refractivity contribution in [1.29, 1.82) is 0 Å². The summed E-state index contributed by atoms with van der Waals surface area (Å²) in [7, 11) is 1.26. The lowest BCUT2D eigenvalue weighted by Crippen LogP contribution is -2.54. The van der Waals surface area contributed by atoms with Crippen LogP contribution in [0.25, 0.3) is 0 Å². The minimum absolute atomic E-state index is 0.0588. The standard InChI is InChI=1S/C27H33N3O7/c1-4-14-29-25(33)28(3)26(34)30(27(29)35)16-24(32)37-18-22-12-8-20(9-13-22)15-19-6-10-21(11-7-19)17-36-23(31)5-2/h4,6-13,23-24,31-32H,1,5,14-18H2,2-3H3. The molecule has 2 N–H and O–H groups in total. The molecule has 3 aromatic rings. The number of rotatable bonds is 13. The molecular weight excluding hydrogens is 478 g/mol. The Morgan fingerprint density at radius 3 is 1.73 bits per heavy atom. The molecule has 0 aliphatic rings. The Morgan fingerprint density at radius 1 is 0.784 bits per heavy atom. The average molecular weight is 512 g/mol. The Balaban J connectivity index is 1.56. The lowest BCUT2D eigenvalue weighted by molar-refractivity contribution is -0.118. The summed E-state index contributed by atoms with van der Waals surface area (Å²) in [5.41, 5.74) is 1.60. The molecule has 0 fully saturated rings. The number of hydrogen-bond donors (Lipinski definition) is 2. The molecule has 0 saturated heterocycles. The number of ether oxygens (including phenoxy) is 2. The number of benzene rings is 2. The van der Waals surface area contributed by atoms with E-state index in [-0.39, 0.29) is 13.2 Å². The van der Waals surface area contributed by atoms with E-state index in [0.717, 1.165) is 42.4 Å². The number of aliphatic hydroxyl groups excluding tert-OH is 2. The Hall–Kier alpha value is -3.57. The highest BCUT2D eigenvalue weighted by molar-refractivity contribution is 5.30. The summed E-state index contributed by atoms with van der Waals surface area (Å²) < 4.78 is 13.2. The van der Waals surface area contributed by atoms with Gasteiger partial charge >= 0.3 is 17.1 Å². The van der Waals surface area contributed by atoms with Crippen LogP contribution in [0.15, 0.2) is 75.6 Å². The van der Waals surface area contributed by atoms with E-state index < -0.39 is 36.2 Å². The predicted molar refractivity (Wildman–Crippen MR) is 138 cm³/mol. The van der Waals surface area contributed by atoms with Gasteiger partial charge in [-0.05, 0) is 35.1 Å². The fraction of sp³-hybridized carbons (Fsp3) is 0.370. The van der Waals surface area contributed by atoms with Gasteiger partial charge in [0.1, 0.15) is 0 Å². The lowest BCUT2D eigenvalue weighted by Gasteiger charge is -2.15. The fourth-order valence-corrected chi connectivity index (χ4v) is 3.65. The maximum absolute atomic E-state index is 12.5. The zero-order valence-corrected chi connectivity index (χ0v) is 21.1. The van der Waals surface area contributed by atoms with Crippen LogP contribution in [0.1, 0.15) is 35.6 Å². The van der Waals surface area contributed by atoms with Crippen molar-refractivity contribution >= 4 is 0 Å². The molecule has 10 nitrogen and oxygen atoms in total. The first-order chi connectivity index (χ1) is 17.7. The number of hydrogen-bond acceptors (Lipinski definition) is 7. The van der Waals surface area contributed by atoms with E-state index in [4.69, 9.17) is 9.47 Å². The number of nitrogens with zero attached hydrogens (tertiary/aromatic N) is 3. The van der Waals surface area contributed by atoms with Gasteiger partial charge in [0.15, 0.2) is 12.6 Å². The van der Waals surface area contributed by atoms with Crippen LogP contribution < -0.4 is 17.1 Å². The molecule has 2 unspecified atom stereocenters. The second kappa shape index (κ2) is 13.1. The maximum atomic E-state index is 12.5. The van der Waals surface area contributed by atoms with Gasteiger partial charge < -0.3 is 19.7 Å². The predicted octanol–water partition coefficient (Wildman–Crippen LogP) is 1.27. The van der Waals surface area contributed by atoms with E-state index in [9.17, 15) is 24.6 Å². The van der Waals surface area contributed by atoms with Gasteiger partial charge in [-0.25, -0.2) is 28.1 Å². The van der Waals surface area contributed by atoms with Gasteiger partial charge in [-0.15, -0.1) is 6.58 Å². The number of aromatic nitrogens is 3. The SMILES string of the molecule is C=CCn1c(=O)n(C)c(=O)n(CC(O)OCc2ccc(Cc3ccc(COC(O)CC)cc3)cc2)c1=O. The summed E-state index contributed by atoms with van der Waals surface area (Å²) in [5.74, 6) is 0. The van der Waals surface area contributed by atoms with E-state index in [2.05, 4.69) is 6.58 Å². The van der Waals surface area contributed by atoms with Gasteiger partial charge in [0.25, 0.3) is 0 Å². The molecule has 0 spiro atoms. The van der Waals surface area contributed by atoms with Crippen molar-refractivity contribution in [2.45, 2.75) is 58.6 Å². The molecule has 198 valence electrons. The van der Waals surface area contributed by atoms with Gasteiger partial charge in [-0.2, -0.15) is 0 Å². The van der Waals surface area contributed by atoms with Crippen molar-refractivity contribution in [3.8, 4) is 0 Å². The van der Waals surface area contributed by atoms with Crippen molar-refractivity contribution < 1.29 is 19.7 Å². The second-order valence-corrected chi connectivity index (χ2v) is 8.67. The fourth-order valence-electron chi connectivity index (χ4n) is 3.65. The molecule has 0 aliphatic carbocycles. The van der Waals surface area contributed by atoms with E-state index in [1.165, 1.54) is 13.1 Å². The number of allylic oxidation sites excluding steroid dienone is 1. The van der Waals surface area contributed by atoms with Crippen LogP contribution in [0, 0.1) is 0 Å². The smallest absolute Gasteiger partial charge is 0.336 e. The Bertz CT molecular complexity index is 1360. The highest BCUT2D eigenvalue weighted by atomic mass is 16.6. The third-order valence-electron chi connectivity index (χ3n) is 5.84. The minimum atomic E-state index is -1.43. The molecule has 1 aromatic heterocycles. The molecule has 1 heterocycles. The average Bonchev–Trinajstić information content (AvgIpc) is 2.91. The van der Waals surface area contributed by atoms with Crippen molar-refractivity contribution in [3.05, 3.63) is 115 Å². The zero-order chi connectivity index (χ0) is 26.9. The lowest BCUT2D eigenvalue weighted by atomic mass is 10.0. The summed E-state index contributed by atoms with van der Waals surface area (Å²) >= 11 is 0. The van der Waals surface area contributed by atoms with Gasteiger partial charge in [0.2, 0.25) is 0 Å². The van der Waals surface area contributed by atoms with Crippen molar-refractivity contribution in [3.63, 3.8) is 0 Å². The highest BCUT2D eigenvalue weighted by Gasteiger charge is 2.16. The molecule has 0 aliphatic heterocycles. The summed E-state index contributed by atoms with van der Waals surface area (Å²) in [6.45, 7) is 5.32. The normalized spacial score (nSPS) is 12.9. The Morgan fingerprint density at radius 2 is 1.24 bits per heavy atom. The first kappa shape index (κ1) is 28.0. The summed E-state index contributed by atoms with van der Waals surface area (Å²) in [6, 6.07) is 15.7. The second-order valence-electron chi connectivity index (χ2n) is 8.67. The van der Waals surface area contributed by atoms with Crippen molar-refractivity contribution in [2.24, 2.45) is 7.05 Å². The molecule has 0 saturated carbocycles. The Kier molecular flexibility index (Phi) is 9.93. The van der Waals surface area contributed by atoms with Crippen LogP contribution in [0.2, 0.25) is 0 Å². The largest absolute Gasteiger partial charge is 0.368 e. The third-order valence-corrected chi connectivity index (χ3v) is 5.84. The van der Waals surface area contributed by atoms with Gasteiger partial charge in [0.05, 0.1) is 26.3 Å². The van der Waals surface area contributed by atoms with Crippen LogP contribution in [-0.2, 0) is 49.2 Å². The van der Waals surface area contributed by atoms with E-state index in [0.29, 0.717) is 13.0 Å². The molecule has 0 amide bonds. The van der Waals surface area contributed by atoms with Gasteiger partial charge in [-0.3, -0.25) is 0 Å². The minimum Gasteiger partial charge on any atom is -0.368 e. The Labute approximate surface area is 214 Å².